The second kappa shape index (κ2) is 5.65. The molecule has 2 nitrogen and oxygen atoms in total. The van der Waals surface area contributed by atoms with Crippen LogP contribution >= 0.6 is 38.9 Å². The van der Waals surface area contributed by atoms with Gasteiger partial charge in [-0.25, -0.2) is 9.37 Å². The normalized spacial score (nSPS) is 12.7. The summed E-state index contributed by atoms with van der Waals surface area (Å²) < 4.78 is 14.5. The molecule has 0 amide bonds. The van der Waals surface area contributed by atoms with Crippen LogP contribution in [0, 0.1) is 12.7 Å². The van der Waals surface area contributed by atoms with Gasteiger partial charge in [0.1, 0.15) is 5.82 Å². The number of hydrogen-bond donors (Lipinski definition) is 1. The molecule has 6 heteroatoms. The van der Waals surface area contributed by atoms with Crippen LogP contribution in [0.1, 0.15) is 22.3 Å². The molecule has 1 aromatic heterocycles. The smallest absolute Gasteiger partial charge is 0.147 e. The molecule has 0 aliphatic heterocycles. The van der Waals surface area contributed by atoms with Gasteiger partial charge in [-0.1, -0.05) is 17.7 Å². The van der Waals surface area contributed by atoms with Crippen LogP contribution in [0.5, 0.6) is 0 Å². The van der Waals surface area contributed by atoms with Crippen molar-refractivity contribution in [1.29, 1.82) is 0 Å². The predicted molar refractivity (Wildman–Crippen MR) is 76.6 cm³/mol. The van der Waals surface area contributed by atoms with Gasteiger partial charge in [0, 0.05) is 33.6 Å². The van der Waals surface area contributed by atoms with Crippen LogP contribution in [0.3, 0.4) is 0 Å². The van der Waals surface area contributed by atoms with Crippen molar-refractivity contribution in [3.63, 3.8) is 0 Å². The second-order valence-corrected chi connectivity index (χ2v) is 6.13. The summed E-state index contributed by atoms with van der Waals surface area (Å²) in [7, 11) is 0. The fraction of sp³-hybridized carbons (Fsp3) is 0.250. The molecule has 0 aliphatic rings. The van der Waals surface area contributed by atoms with E-state index in [1.54, 1.807) is 12.1 Å². The zero-order valence-electron chi connectivity index (χ0n) is 9.58. The van der Waals surface area contributed by atoms with Crippen LogP contribution < -0.4 is 5.73 Å². The highest BCUT2D eigenvalue weighted by Gasteiger charge is 2.17. The summed E-state index contributed by atoms with van der Waals surface area (Å²) in [6, 6.07) is 2.91. The third-order valence-corrected chi connectivity index (χ3v) is 4.77. The van der Waals surface area contributed by atoms with Crippen molar-refractivity contribution < 1.29 is 4.39 Å². The quantitative estimate of drug-likeness (QED) is 0.841. The molecule has 0 aliphatic carbocycles. The monoisotopic (exact) mass is 348 g/mol. The fourth-order valence-electron chi connectivity index (χ4n) is 1.62. The van der Waals surface area contributed by atoms with Gasteiger partial charge in [0.05, 0.1) is 10.0 Å². The van der Waals surface area contributed by atoms with Crippen LogP contribution in [0.2, 0.25) is 5.02 Å². The van der Waals surface area contributed by atoms with Gasteiger partial charge >= 0.3 is 0 Å². The maximum Gasteiger partial charge on any atom is 0.147 e. The zero-order chi connectivity index (χ0) is 13.3. The molecule has 2 N–H and O–H groups in total. The Morgan fingerprint density at radius 3 is 2.89 bits per heavy atom. The van der Waals surface area contributed by atoms with Gasteiger partial charge in [-0.2, -0.15) is 0 Å². The van der Waals surface area contributed by atoms with Crippen LogP contribution in [0.25, 0.3) is 0 Å². The highest BCUT2D eigenvalue weighted by Crippen LogP contribution is 2.31. The second-order valence-electron chi connectivity index (χ2n) is 3.96. The van der Waals surface area contributed by atoms with Gasteiger partial charge in [-0.3, -0.25) is 0 Å². The molecule has 0 spiro atoms. The molecule has 0 radical (unpaired) electrons. The molecule has 0 bridgehead atoms. The predicted octanol–water partition coefficient (Wildman–Crippen LogP) is 4.25. The van der Waals surface area contributed by atoms with E-state index in [2.05, 4.69) is 20.9 Å². The number of aryl methyl sites for hydroxylation is 1. The lowest BCUT2D eigenvalue weighted by Crippen LogP contribution is -2.15. The summed E-state index contributed by atoms with van der Waals surface area (Å²) in [5, 5.41) is 2.92. The SMILES string of the molecule is Cc1csc(CC(N)c2ccc(Br)c(Cl)c2F)n1. The first kappa shape index (κ1) is 13.9. The van der Waals surface area contributed by atoms with E-state index in [1.807, 2.05) is 12.3 Å². The summed E-state index contributed by atoms with van der Waals surface area (Å²) in [5.41, 5.74) is 7.38. The molecule has 18 heavy (non-hydrogen) atoms. The van der Waals surface area contributed by atoms with Crippen molar-refractivity contribution in [2.24, 2.45) is 5.73 Å². The van der Waals surface area contributed by atoms with Crippen LogP contribution in [0.4, 0.5) is 4.39 Å². The lowest BCUT2D eigenvalue weighted by atomic mass is 10.0. The molecule has 0 fully saturated rings. The summed E-state index contributed by atoms with van der Waals surface area (Å²) >= 11 is 10.5. The standard InChI is InChI=1S/C12H11BrClFN2S/c1-6-5-18-10(17-6)4-9(16)7-2-3-8(13)11(14)12(7)15/h2-3,5,9H,4,16H2,1H3. The lowest BCUT2D eigenvalue weighted by Gasteiger charge is -2.13. The number of halogens is 3. The van der Waals surface area contributed by atoms with Crippen molar-refractivity contribution in [2.45, 2.75) is 19.4 Å². The molecule has 1 heterocycles. The van der Waals surface area contributed by atoms with Gasteiger partial charge in [0.15, 0.2) is 0 Å². The van der Waals surface area contributed by atoms with Gasteiger partial charge in [-0.05, 0) is 28.9 Å². The highest BCUT2D eigenvalue weighted by atomic mass is 79.9. The highest BCUT2D eigenvalue weighted by molar-refractivity contribution is 9.10. The number of aromatic nitrogens is 1. The maximum atomic E-state index is 14.0. The number of nitrogens with zero attached hydrogens (tertiary/aromatic N) is 1. The first-order valence-electron chi connectivity index (χ1n) is 5.29. The Morgan fingerprint density at radius 2 is 2.28 bits per heavy atom. The molecular weight excluding hydrogens is 339 g/mol. The molecule has 1 unspecified atom stereocenters. The average molecular weight is 350 g/mol. The minimum Gasteiger partial charge on any atom is -0.324 e. The van der Waals surface area contributed by atoms with Crippen molar-refractivity contribution in [3.05, 3.63) is 49.1 Å². The van der Waals surface area contributed by atoms with E-state index in [0.29, 0.717) is 16.5 Å². The summed E-state index contributed by atoms with van der Waals surface area (Å²) in [6.07, 6.45) is 0.507. The van der Waals surface area contributed by atoms with Crippen molar-refractivity contribution in [1.82, 2.24) is 4.98 Å². The summed E-state index contributed by atoms with van der Waals surface area (Å²) in [4.78, 5) is 4.32. The van der Waals surface area contributed by atoms with E-state index in [-0.39, 0.29) is 5.02 Å². The fourth-order valence-corrected chi connectivity index (χ4v) is 2.93. The molecule has 96 valence electrons. The maximum absolute atomic E-state index is 14.0. The number of nitrogens with two attached hydrogens (primary N) is 1. The third kappa shape index (κ3) is 2.91. The first-order valence-corrected chi connectivity index (χ1v) is 7.34. The number of rotatable bonds is 3. The Hall–Kier alpha value is -0.490. The average Bonchev–Trinajstić information content (AvgIpc) is 2.71. The van der Waals surface area contributed by atoms with Crippen molar-refractivity contribution in [3.8, 4) is 0 Å². The minimum absolute atomic E-state index is 0.0678. The van der Waals surface area contributed by atoms with Gasteiger partial charge in [0.25, 0.3) is 0 Å². The van der Waals surface area contributed by atoms with Gasteiger partial charge in [-0.15, -0.1) is 11.3 Å². The first-order chi connectivity index (χ1) is 8.49. The topological polar surface area (TPSA) is 38.9 Å². The van der Waals surface area contributed by atoms with Crippen LogP contribution in [-0.2, 0) is 6.42 Å². The number of thiazole rings is 1. The van der Waals surface area contributed by atoms with E-state index >= 15 is 0 Å². The summed E-state index contributed by atoms with van der Waals surface area (Å²) in [6.45, 7) is 1.92. The molecular formula is C12H11BrClFN2S. The molecule has 1 atom stereocenters. The number of hydrogen-bond acceptors (Lipinski definition) is 3. The largest absolute Gasteiger partial charge is 0.324 e. The summed E-state index contributed by atoms with van der Waals surface area (Å²) in [5.74, 6) is -0.466. The van der Waals surface area contributed by atoms with E-state index in [0.717, 1.165) is 10.7 Å². The molecule has 0 saturated carbocycles. The van der Waals surface area contributed by atoms with Crippen molar-refractivity contribution in [2.75, 3.05) is 0 Å². The minimum atomic E-state index is -0.466. The van der Waals surface area contributed by atoms with Gasteiger partial charge < -0.3 is 5.73 Å². The zero-order valence-corrected chi connectivity index (χ0v) is 12.7. The number of benzene rings is 1. The van der Waals surface area contributed by atoms with Crippen LogP contribution in [-0.4, -0.2) is 4.98 Å². The molecule has 2 aromatic rings. The Bertz CT molecular complexity index is 573. The van der Waals surface area contributed by atoms with E-state index in [9.17, 15) is 4.39 Å². The third-order valence-electron chi connectivity index (χ3n) is 2.53. The van der Waals surface area contributed by atoms with E-state index in [1.165, 1.54) is 11.3 Å². The Morgan fingerprint density at radius 1 is 1.56 bits per heavy atom. The van der Waals surface area contributed by atoms with Gasteiger partial charge in [0.2, 0.25) is 0 Å². The van der Waals surface area contributed by atoms with E-state index in [4.69, 9.17) is 17.3 Å². The Balaban J connectivity index is 2.24. The Labute approximate surface area is 122 Å². The van der Waals surface area contributed by atoms with E-state index < -0.39 is 11.9 Å². The van der Waals surface area contributed by atoms with Crippen molar-refractivity contribution >= 4 is 38.9 Å². The Kier molecular flexibility index (Phi) is 4.37. The lowest BCUT2D eigenvalue weighted by molar-refractivity contribution is 0.579. The molecule has 2 rings (SSSR count). The van der Waals surface area contributed by atoms with Crippen LogP contribution in [0.15, 0.2) is 22.0 Å². The molecule has 0 saturated heterocycles. The molecule has 1 aromatic carbocycles.